The number of rotatable bonds is 0. The van der Waals surface area contributed by atoms with Crippen LogP contribution < -0.4 is 28.7 Å². The number of amides is 2. The molecule has 8 N–H and O–H groups in total. The van der Waals surface area contributed by atoms with E-state index in [1.807, 2.05) is 0 Å². The first-order valence-electron chi connectivity index (χ1n) is 1.85. The highest BCUT2D eigenvalue weighted by molar-refractivity contribution is 5.70. The van der Waals surface area contributed by atoms with Crippen LogP contribution >= 0.6 is 0 Å². The number of hydrogen-bond donors (Lipinski definition) is 5. The van der Waals surface area contributed by atoms with E-state index >= 15 is 0 Å². The zero-order chi connectivity index (χ0) is 9.86. The topological polar surface area (TPSA) is 193 Å². The Morgan fingerprint density at radius 1 is 1.64 bits per heavy atom. The van der Waals surface area contributed by atoms with Gasteiger partial charge in [0.2, 0.25) is 0 Å². The van der Waals surface area contributed by atoms with E-state index in [1.165, 1.54) is 0 Å². The van der Waals surface area contributed by atoms with E-state index < -0.39 is 11.1 Å². The van der Waals surface area contributed by atoms with E-state index in [-0.39, 0.29) is 0 Å². The number of primary amides is 1. The summed E-state index contributed by atoms with van der Waals surface area (Å²) in [5.41, 5.74) is 6.08. The van der Waals surface area contributed by atoms with Crippen LogP contribution in [0.15, 0.2) is 0 Å². The fourth-order valence-electron chi connectivity index (χ4n) is 0. The maximum absolute atomic E-state index is 9.35. The van der Waals surface area contributed by atoms with Crippen LogP contribution in [-0.4, -0.2) is 16.3 Å². The summed E-state index contributed by atoms with van der Waals surface area (Å²) < 4.78 is 0. The summed E-state index contributed by atoms with van der Waals surface area (Å²) in [7, 11) is 0. The van der Waals surface area contributed by atoms with Crippen molar-refractivity contribution in [3.63, 3.8) is 0 Å². The van der Waals surface area contributed by atoms with Gasteiger partial charge in [0.05, 0.1) is 0 Å². The molecule has 10 heteroatoms. The second-order valence-electron chi connectivity index (χ2n) is 0.746. The van der Waals surface area contributed by atoms with Crippen LogP contribution in [0, 0.1) is 10.1 Å². The van der Waals surface area contributed by atoms with Crippen LogP contribution in [0.5, 0.6) is 0 Å². The van der Waals surface area contributed by atoms with Gasteiger partial charge in [-0.3, -0.25) is 5.43 Å². The van der Waals surface area contributed by atoms with Gasteiger partial charge in [-0.1, -0.05) is 0 Å². The third kappa shape index (κ3) is 2750. The lowest BCUT2D eigenvalue weighted by molar-refractivity contribution is -0.742. The minimum absolute atomic E-state index is 0.718. The maximum atomic E-state index is 9.35. The number of hydrazine groups is 1. The third-order valence-electron chi connectivity index (χ3n) is 0.142. The minimum atomic E-state index is -1.50. The van der Waals surface area contributed by atoms with Crippen LogP contribution in [0.4, 0.5) is 4.79 Å². The molecule has 0 aromatic carbocycles. The maximum Gasteiger partial charge on any atom is 0.326 e. The van der Waals surface area contributed by atoms with E-state index in [1.54, 1.807) is 5.43 Å². The fraction of sp³-hybridized carbons (Fsp3) is 0. The van der Waals surface area contributed by atoms with Gasteiger partial charge in [-0.15, -0.1) is 10.1 Å². The highest BCUT2D eigenvalue weighted by Crippen LogP contribution is 1.38. The Morgan fingerprint density at radius 2 is 1.73 bits per heavy atom. The largest absolute Gasteiger partial charge is 0.351 e. The molecule has 0 aliphatic rings. The van der Waals surface area contributed by atoms with Gasteiger partial charge in [-0.2, -0.15) is 0 Å². The van der Waals surface area contributed by atoms with Crippen molar-refractivity contribution in [2.24, 2.45) is 17.4 Å². The highest BCUT2D eigenvalue weighted by atomic mass is 16.9. The van der Waals surface area contributed by atoms with E-state index in [9.17, 15) is 4.79 Å². The molecule has 0 saturated carbocycles. The average Bonchev–Trinajstić information content (AvgIpc) is 1.91. The number of hydrogen-bond acceptors (Lipinski definition) is 5. The molecule has 0 aromatic heterocycles. The molecule has 2 amide bonds. The number of nitrogens with two attached hydrogens (primary N) is 3. The summed E-state index contributed by atoms with van der Waals surface area (Å²) in [5.74, 6) is 14.4. The molecule has 0 saturated heterocycles. The molecule has 0 unspecified atom stereocenters. The SMILES string of the molecule is NNC(N)=O.O=[N+]([O-])O.[N]N. The summed E-state index contributed by atoms with van der Waals surface area (Å²) >= 11 is 0. The molecule has 2 radical (unpaired) electrons. The Morgan fingerprint density at radius 3 is 1.73 bits per heavy atom. The normalized spacial score (nSPS) is 5.73. The van der Waals surface area contributed by atoms with Gasteiger partial charge in [0.25, 0.3) is 5.09 Å². The molecule has 0 bridgehead atoms. The van der Waals surface area contributed by atoms with Crippen molar-refractivity contribution in [1.82, 2.24) is 11.3 Å². The number of nitrogens with one attached hydrogen (secondary N) is 1. The summed E-state index contributed by atoms with van der Waals surface area (Å²) in [6, 6.07) is -0.718. The summed E-state index contributed by atoms with van der Waals surface area (Å²) in [6.07, 6.45) is 0. The number of urea groups is 1. The predicted octanol–water partition coefficient (Wildman–Crippen LogP) is -2.89. The molecular formula is CH8N6O4. The van der Waals surface area contributed by atoms with E-state index in [4.69, 9.17) is 21.2 Å². The Bertz CT molecular complexity index is 98.8. The van der Waals surface area contributed by atoms with Crippen molar-refractivity contribution in [3.8, 4) is 0 Å². The standard InChI is InChI=1S/CH5N3O.H2N2.HNO3/c2-1(5)4-3;1-2;2-1(3)4/h3H2,(H3,2,4,5);1H2;(H,2,3,4). The molecule has 0 spiro atoms. The first-order chi connectivity index (χ1) is 5.00. The predicted molar refractivity (Wildman–Crippen MR) is 32.0 cm³/mol. The quantitative estimate of drug-likeness (QED) is 0.111. The van der Waals surface area contributed by atoms with Crippen LogP contribution in [0.3, 0.4) is 0 Å². The molecule has 0 aliphatic heterocycles. The molecule has 0 rings (SSSR count). The Kier molecular flexibility index (Phi) is 23.2. The number of carbonyl (C=O) groups excluding carboxylic acids is 1. The van der Waals surface area contributed by atoms with Gasteiger partial charge < -0.3 is 10.9 Å². The fourth-order valence-corrected chi connectivity index (χ4v) is 0. The van der Waals surface area contributed by atoms with Crippen LogP contribution in [0.25, 0.3) is 0 Å². The molecule has 10 nitrogen and oxygen atoms in total. The molecule has 0 aromatic rings. The smallest absolute Gasteiger partial charge is 0.326 e. The molecule has 0 heterocycles. The van der Waals surface area contributed by atoms with Gasteiger partial charge in [0.1, 0.15) is 0 Å². The Hall–Kier alpha value is -1.65. The zero-order valence-corrected chi connectivity index (χ0v) is 5.30. The first kappa shape index (κ1) is 16.2. The van der Waals surface area contributed by atoms with Crippen LogP contribution in [0.2, 0.25) is 0 Å². The van der Waals surface area contributed by atoms with Gasteiger partial charge in [-0.25, -0.2) is 16.5 Å². The number of nitrogens with zero attached hydrogens (tertiary/aromatic N) is 2. The number of carbonyl (C=O) groups is 1. The van der Waals surface area contributed by atoms with Crippen molar-refractivity contribution in [2.45, 2.75) is 0 Å². The first-order valence-corrected chi connectivity index (χ1v) is 1.85. The van der Waals surface area contributed by atoms with E-state index in [2.05, 4.69) is 17.4 Å². The highest BCUT2D eigenvalue weighted by Gasteiger charge is 1.73. The molecule has 0 fully saturated rings. The molecule has 0 aliphatic carbocycles. The van der Waals surface area contributed by atoms with Crippen molar-refractivity contribution in [2.75, 3.05) is 0 Å². The van der Waals surface area contributed by atoms with Crippen LogP contribution in [0.1, 0.15) is 0 Å². The second-order valence-corrected chi connectivity index (χ2v) is 0.746. The summed E-state index contributed by atoms with van der Waals surface area (Å²) in [5, 5.41) is 13.6. The lowest BCUT2D eigenvalue weighted by atomic mass is 11.2. The molecule has 0 atom stereocenters. The Labute approximate surface area is 61.2 Å². The summed E-state index contributed by atoms with van der Waals surface area (Å²) in [4.78, 5) is 17.7. The van der Waals surface area contributed by atoms with Gasteiger partial charge in [0, 0.05) is 0 Å². The average molecular weight is 168 g/mol. The second kappa shape index (κ2) is 15.8. The monoisotopic (exact) mass is 168 g/mol. The lowest BCUT2D eigenvalue weighted by Crippen LogP contribution is -2.34. The molecule has 11 heavy (non-hydrogen) atoms. The van der Waals surface area contributed by atoms with Crippen molar-refractivity contribution in [1.29, 1.82) is 0 Å². The van der Waals surface area contributed by atoms with Gasteiger partial charge in [0.15, 0.2) is 0 Å². The third-order valence-corrected chi connectivity index (χ3v) is 0.142. The lowest BCUT2D eigenvalue weighted by Gasteiger charge is -1.81. The van der Waals surface area contributed by atoms with Crippen LogP contribution in [-0.2, 0) is 0 Å². The van der Waals surface area contributed by atoms with Crippen molar-refractivity contribution in [3.05, 3.63) is 10.1 Å². The van der Waals surface area contributed by atoms with Gasteiger partial charge >= 0.3 is 6.03 Å². The van der Waals surface area contributed by atoms with Crippen molar-refractivity contribution < 1.29 is 15.1 Å². The minimum Gasteiger partial charge on any atom is -0.351 e. The Balaban J connectivity index is -0.0000000965. The summed E-state index contributed by atoms with van der Waals surface area (Å²) in [6.45, 7) is 0. The van der Waals surface area contributed by atoms with Crippen molar-refractivity contribution >= 4 is 6.03 Å². The molecular weight excluding hydrogens is 160 g/mol. The van der Waals surface area contributed by atoms with Gasteiger partial charge in [-0.05, 0) is 5.84 Å². The molecule has 66 valence electrons. The van der Waals surface area contributed by atoms with E-state index in [0.717, 1.165) is 0 Å². The zero-order valence-electron chi connectivity index (χ0n) is 5.30. The van der Waals surface area contributed by atoms with E-state index in [0.29, 0.717) is 0 Å².